The number of hydrogen-bond acceptors (Lipinski definition) is 3. The third-order valence-electron chi connectivity index (χ3n) is 5.47. The topological polar surface area (TPSA) is 49.8 Å². The quantitative estimate of drug-likeness (QED) is 0.763. The number of likely N-dealkylation sites (N-methyl/N-ethyl adjacent to an activating group) is 1. The molecule has 4 heteroatoms. The third kappa shape index (κ3) is 2.65. The van der Waals surface area contributed by atoms with Crippen LogP contribution in [0.2, 0.25) is 0 Å². The molecule has 0 aromatic heterocycles. The Hall–Kier alpha value is -2.95. The van der Waals surface area contributed by atoms with E-state index in [1.54, 1.807) is 11.9 Å². The van der Waals surface area contributed by atoms with E-state index >= 15 is 0 Å². The fourth-order valence-electron chi connectivity index (χ4n) is 4.05. The van der Waals surface area contributed by atoms with Crippen LogP contribution >= 0.6 is 0 Å². The molecule has 28 heavy (non-hydrogen) atoms. The Bertz CT molecular complexity index is 904. The van der Waals surface area contributed by atoms with Gasteiger partial charge in [-0.15, -0.1) is 0 Å². The van der Waals surface area contributed by atoms with Gasteiger partial charge in [0.25, 0.3) is 5.91 Å². The number of ether oxygens (including phenoxy) is 1. The lowest BCUT2D eigenvalue weighted by Gasteiger charge is -2.50. The van der Waals surface area contributed by atoms with Crippen LogP contribution < -0.4 is 0 Å². The second-order valence-electron chi connectivity index (χ2n) is 7.06. The number of aliphatic hydroxyl groups is 1. The van der Waals surface area contributed by atoms with Gasteiger partial charge in [-0.05, 0) is 16.7 Å². The van der Waals surface area contributed by atoms with Crippen molar-refractivity contribution in [1.82, 2.24) is 4.90 Å². The molecule has 1 fully saturated rings. The third-order valence-corrected chi connectivity index (χ3v) is 5.47. The van der Waals surface area contributed by atoms with Crippen LogP contribution in [-0.2, 0) is 20.7 Å². The van der Waals surface area contributed by atoms with Crippen molar-refractivity contribution in [3.63, 3.8) is 0 Å². The number of nitrogens with zero attached hydrogens (tertiary/aromatic N) is 1. The Labute approximate surface area is 165 Å². The van der Waals surface area contributed by atoms with Gasteiger partial charge in [-0.1, -0.05) is 91.0 Å². The van der Waals surface area contributed by atoms with Gasteiger partial charge in [-0.2, -0.15) is 0 Å². The van der Waals surface area contributed by atoms with Crippen LogP contribution in [0.25, 0.3) is 0 Å². The fourth-order valence-corrected chi connectivity index (χ4v) is 4.05. The average Bonchev–Trinajstić information content (AvgIpc) is 2.77. The summed E-state index contributed by atoms with van der Waals surface area (Å²) in [5.74, 6) is -0.264. The van der Waals surface area contributed by atoms with Crippen molar-refractivity contribution in [2.45, 2.75) is 11.2 Å². The van der Waals surface area contributed by atoms with Gasteiger partial charge in [0, 0.05) is 13.6 Å². The Morgan fingerprint density at radius 1 is 0.857 bits per heavy atom. The van der Waals surface area contributed by atoms with Crippen LogP contribution in [0, 0.1) is 0 Å². The van der Waals surface area contributed by atoms with E-state index in [1.165, 1.54) is 0 Å². The smallest absolute Gasteiger partial charge is 0.263 e. The van der Waals surface area contributed by atoms with Crippen LogP contribution in [0.15, 0.2) is 91.0 Å². The summed E-state index contributed by atoms with van der Waals surface area (Å²) in [6, 6.07) is 27.9. The molecule has 0 spiro atoms. The first-order valence-corrected chi connectivity index (χ1v) is 9.39. The second kappa shape index (κ2) is 7.23. The lowest BCUT2D eigenvalue weighted by Crippen LogP contribution is -2.64. The number of carbonyl (C=O) groups is 1. The minimum atomic E-state index is -1.71. The molecule has 0 bridgehead atoms. The van der Waals surface area contributed by atoms with Crippen molar-refractivity contribution in [3.8, 4) is 0 Å². The standard InChI is InChI=1S/C24H23NO3/c1-25-17-18-28-24(22(25)26,21-15-9-4-10-16-21)23(27,19-11-5-2-6-12-19)20-13-7-3-8-14-20/h2-16,27H,17-18H2,1H3/t24-/m1/s1. The summed E-state index contributed by atoms with van der Waals surface area (Å²) < 4.78 is 6.27. The molecule has 0 unspecified atom stereocenters. The highest BCUT2D eigenvalue weighted by Gasteiger charge is 2.62. The van der Waals surface area contributed by atoms with Crippen molar-refractivity contribution in [2.75, 3.05) is 20.2 Å². The molecule has 4 nitrogen and oxygen atoms in total. The van der Waals surface area contributed by atoms with E-state index in [4.69, 9.17) is 4.74 Å². The molecule has 3 aromatic rings. The Morgan fingerprint density at radius 3 is 1.82 bits per heavy atom. The maximum atomic E-state index is 13.7. The number of amides is 1. The average molecular weight is 373 g/mol. The number of benzene rings is 3. The first-order chi connectivity index (χ1) is 13.6. The van der Waals surface area contributed by atoms with Crippen LogP contribution in [0.5, 0.6) is 0 Å². The minimum Gasteiger partial charge on any atom is -0.376 e. The van der Waals surface area contributed by atoms with Crippen molar-refractivity contribution in [1.29, 1.82) is 0 Å². The first kappa shape index (κ1) is 18.4. The molecule has 0 saturated carbocycles. The molecular formula is C24H23NO3. The van der Waals surface area contributed by atoms with Crippen molar-refractivity contribution in [2.24, 2.45) is 0 Å². The Balaban J connectivity index is 2.08. The van der Waals surface area contributed by atoms with E-state index in [1.807, 2.05) is 91.0 Å². The molecule has 4 rings (SSSR count). The summed E-state index contributed by atoms with van der Waals surface area (Å²) in [5, 5.41) is 12.4. The summed E-state index contributed by atoms with van der Waals surface area (Å²) >= 11 is 0. The van der Waals surface area contributed by atoms with E-state index in [9.17, 15) is 9.90 Å². The molecule has 1 saturated heterocycles. The second-order valence-corrected chi connectivity index (χ2v) is 7.06. The number of hydrogen-bond donors (Lipinski definition) is 1. The zero-order valence-corrected chi connectivity index (χ0v) is 15.8. The highest BCUT2D eigenvalue weighted by molar-refractivity contribution is 5.90. The number of morpholine rings is 1. The van der Waals surface area contributed by atoms with Crippen LogP contribution in [0.4, 0.5) is 0 Å². The van der Waals surface area contributed by atoms with Gasteiger partial charge < -0.3 is 14.7 Å². The van der Waals surface area contributed by atoms with Crippen molar-refractivity contribution >= 4 is 5.91 Å². The highest BCUT2D eigenvalue weighted by atomic mass is 16.5. The lowest BCUT2D eigenvalue weighted by atomic mass is 9.68. The van der Waals surface area contributed by atoms with Crippen LogP contribution in [0.1, 0.15) is 16.7 Å². The molecule has 1 amide bonds. The largest absolute Gasteiger partial charge is 0.376 e. The fraction of sp³-hybridized carbons (Fsp3) is 0.208. The molecule has 0 radical (unpaired) electrons. The van der Waals surface area contributed by atoms with Gasteiger partial charge in [-0.25, -0.2) is 0 Å². The lowest BCUT2D eigenvalue weighted by molar-refractivity contribution is -0.214. The van der Waals surface area contributed by atoms with Gasteiger partial charge in [0.05, 0.1) is 6.61 Å². The van der Waals surface area contributed by atoms with Gasteiger partial charge in [0.1, 0.15) is 0 Å². The van der Waals surface area contributed by atoms with Gasteiger partial charge in [0.2, 0.25) is 5.60 Å². The van der Waals surface area contributed by atoms with Gasteiger partial charge in [-0.3, -0.25) is 4.79 Å². The number of carbonyl (C=O) groups excluding carboxylic acids is 1. The predicted molar refractivity (Wildman–Crippen MR) is 108 cm³/mol. The van der Waals surface area contributed by atoms with Gasteiger partial charge in [0.15, 0.2) is 5.60 Å². The summed E-state index contributed by atoms with van der Waals surface area (Å²) in [4.78, 5) is 15.3. The van der Waals surface area contributed by atoms with Crippen molar-refractivity contribution in [3.05, 3.63) is 108 Å². The van der Waals surface area contributed by atoms with E-state index in [2.05, 4.69) is 0 Å². The zero-order valence-electron chi connectivity index (χ0n) is 15.8. The monoisotopic (exact) mass is 373 g/mol. The van der Waals surface area contributed by atoms with Gasteiger partial charge >= 0.3 is 0 Å². The molecule has 0 aliphatic carbocycles. The van der Waals surface area contributed by atoms with Crippen molar-refractivity contribution < 1.29 is 14.6 Å². The van der Waals surface area contributed by atoms with E-state index in [0.717, 1.165) is 0 Å². The first-order valence-electron chi connectivity index (χ1n) is 9.39. The Kier molecular flexibility index (Phi) is 4.75. The summed E-state index contributed by atoms with van der Waals surface area (Å²) in [6.45, 7) is 0.812. The molecule has 1 heterocycles. The molecule has 142 valence electrons. The maximum Gasteiger partial charge on any atom is 0.263 e. The molecular weight excluding hydrogens is 350 g/mol. The molecule has 3 aromatic carbocycles. The SMILES string of the molecule is CN1CCO[C@@](c2ccccc2)(C(O)(c2ccccc2)c2ccccc2)C1=O. The normalized spacial score (nSPS) is 20.2. The highest BCUT2D eigenvalue weighted by Crippen LogP contribution is 2.50. The predicted octanol–water partition coefficient (Wildman–Crippen LogP) is 3.31. The summed E-state index contributed by atoms with van der Waals surface area (Å²) in [7, 11) is 1.75. The summed E-state index contributed by atoms with van der Waals surface area (Å²) in [6.07, 6.45) is 0. The van der Waals surface area contributed by atoms with Crippen LogP contribution in [-0.4, -0.2) is 36.1 Å². The molecule has 1 aliphatic rings. The number of rotatable bonds is 4. The van der Waals surface area contributed by atoms with E-state index in [0.29, 0.717) is 29.8 Å². The zero-order chi connectivity index (χ0) is 19.6. The van der Waals surface area contributed by atoms with E-state index < -0.39 is 11.2 Å². The molecule has 1 aliphatic heterocycles. The van der Waals surface area contributed by atoms with E-state index in [-0.39, 0.29) is 5.91 Å². The molecule has 1 atom stereocenters. The Morgan fingerprint density at radius 2 is 1.32 bits per heavy atom. The maximum absolute atomic E-state index is 13.7. The minimum absolute atomic E-state index is 0.264. The van der Waals surface area contributed by atoms with Crippen LogP contribution in [0.3, 0.4) is 0 Å². The summed E-state index contributed by atoms with van der Waals surface area (Å²) in [5.41, 5.74) is -1.46. The molecule has 1 N–H and O–H groups in total.